The number of nitrogens with two attached hydrogens (primary N) is 1. The van der Waals surface area contributed by atoms with Gasteiger partial charge in [-0.1, -0.05) is 11.6 Å². The van der Waals surface area contributed by atoms with Crippen molar-refractivity contribution in [3.63, 3.8) is 0 Å². The van der Waals surface area contributed by atoms with Crippen molar-refractivity contribution in [1.29, 1.82) is 0 Å². The van der Waals surface area contributed by atoms with Gasteiger partial charge in [-0.25, -0.2) is 14.8 Å². The molecule has 2 aromatic heterocycles. The Morgan fingerprint density at radius 3 is 2.60 bits per heavy atom. The predicted octanol–water partition coefficient (Wildman–Crippen LogP) is 2.22. The van der Waals surface area contributed by atoms with Gasteiger partial charge in [-0.05, 0) is 30.9 Å². The standard InChI is InChI=1S/C17H22ClN5O2/c1-17(2,19)13-7-21-15(12-6-20-14(18)5-11(12)13)25-10-8-23(9-10)16(24)22(3)4/h5-7,10H,8-9,19H2,1-4H3. The number of amides is 2. The molecule has 1 aliphatic heterocycles. The molecule has 0 bridgehead atoms. The maximum Gasteiger partial charge on any atom is 0.319 e. The smallest absolute Gasteiger partial charge is 0.319 e. The van der Waals surface area contributed by atoms with Crippen LogP contribution in [-0.2, 0) is 5.54 Å². The lowest BCUT2D eigenvalue weighted by Gasteiger charge is -2.40. The highest BCUT2D eigenvalue weighted by Crippen LogP contribution is 2.33. The summed E-state index contributed by atoms with van der Waals surface area (Å²) in [5, 5.41) is 2.03. The third-order valence-corrected chi connectivity index (χ3v) is 4.38. The fraction of sp³-hybridized carbons (Fsp3) is 0.471. The number of hydrogen-bond acceptors (Lipinski definition) is 5. The minimum absolute atomic E-state index is 0.0219. The quantitative estimate of drug-likeness (QED) is 0.845. The summed E-state index contributed by atoms with van der Waals surface area (Å²) in [4.78, 5) is 23.7. The molecule has 1 saturated heterocycles. The maximum absolute atomic E-state index is 11.9. The Bertz CT molecular complexity index is 813. The number of ether oxygens (including phenoxy) is 1. The van der Waals surface area contributed by atoms with E-state index < -0.39 is 5.54 Å². The van der Waals surface area contributed by atoms with E-state index in [-0.39, 0.29) is 12.1 Å². The number of carbonyl (C=O) groups is 1. The van der Waals surface area contributed by atoms with Crippen LogP contribution in [0.5, 0.6) is 5.88 Å². The zero-order valence-corrected chi connectivity index (χ0v) is 15.5. The molecular formula is C17H22ClN5O2. The number of hydrogen-bond donors (Lipinski definition) is 1. The first-order valence-electron chi connectivity index (χ1n) is 8.03. The molecule has 0 saturated carbocycles. The molecule has 8 heteroatoms. The number of halogens is 1. The number of carbonyl (C=O) groups excluding carboxylic acids is 1. The van der Waals surface area contributed by atoms with Crippen LogP contribution in [0.4, 0.5) is 4.79 Å². The van der Waals surface area contributed by atoms with Gasteiger partial charge in [0, 0.05) is 32.0 Å². The van der Waals surface area contributed by atoms with E-state index >= 15 is 0 Å². The first-order chi connectivity index (χ1) is 11.7. The number of aromatic nitrogens is 2. The Kier molecular flexibility index (Phi) is 4.47. The van der Waals surface area contributed by atoms with E-state index in [4.69, 9.17) is 22.1 Å². The second kappa shape index (κ2) is 6.31. The highest BCUT2D eigenvalue weighted by atomic mass is 35.5. The van der Waals surface area contributed by atoms with E-state index in [1.165, 1.54) is 0 Å². The molecule has 0 aliphatic carbocycles. The number of rotatable bonds is 3. The zero-order chi connectivity index (χ0) is 18.4. The van der Waals surface area contributed by atoms with Gasteiger partial charge in [-0.3, -0.25) is 0 Å². The lowest BCUT2D eigenvalue weighted by atomic mass is 9.93. The van der Waals surface area contributed by atoms with Gasteiger partial charge in [0.05, 0.1) is 18.5 Å². The molecule has 7 nitrogen and oxygen atoms in total. The zero-order valence-electron chi connectivity index (χ0n) is 14.8. The fourth-order valence-electron chi connectivity index (χ4n) is 2.80. The second-order valence-corrected chi connectivity index (χ2v) is 7.46. The van der Waals surface area contributed by atoms with Crippen molar-refractivity contribution in [1.82, 2.24) is 19.8 Å². The van der Waals surface area contributed by atoms with Crippen molar-refractivity contribution in [3.05, 3.63) is 29.2 Å². The Labute approximate surface area is 151 Å². The molecule has 25 heavy (non-hydrogen) atoms. The van der Waals surface area contributed by atoms with Gasteiger partial charge in [0.1, 0.15) is 11.3 Å². The lowest BCUT2D eigenvalue weighted by Crippen LogP contribution is -2.58. The third-order valence-electron chi connectivity index (χ3n) is 4.18. The summed E-state index contributed by atoms with van der Waals surface area (Å²) < 4.78 is 5.98. The summed E-state index contributed by atoms with van der Waals surface area (Å²) in [7, 11) is 3.46. The van der Waals surface area contributed by atoms with E-state index in [2.05, 4.69) is 9.97 Å². The monoisotopic (exact) mass is 363 g/mol. The largest absolute Gasteiger partial charge is 0.470 e. The van der Waals surface area contributed by atoms with Crippen LogP contribution in [0.25, 0.3) is 10.8 Å². The van der Waals surface area contributed by atoms with Gasteiger partial charge in [0.2, 0.25) is 5.88 Å². The summed E-state index contributed by atoms with van der Waals surface area (Å²) in [6, 6.07) is 1.75. The Hall–Kier alpha value is -2.12. The van der Waals surface area contributed by atoms with Crippen LogP contribution in [-0.4, -0.2) is 59.1 Å². The molecule has 2 N–H and O–H groups in total. The number of urea groups is 1. The molecule has 0 spiro atoms. The summed E-state index contributed by atoms with van der Waals surface area (Å²) in [6.45, 7) is 4.89. The molecule has 1 aliphatic rings. The van der Waals surface area contributed by atoms with Gasteiger partial charge < -0.3 is 20.3 Å². The van der Waals surface area contributed by atoms with Crippen LogP contribution >= 0.6 is 11.6 Å². The van der Waals surface area contributed by atoms with Crippen LogP contribution < -0.4 is 10.5 Å². The van der Waals surface area contributed by atoms with Crippen molar-refractivity contribution in [3.8, 4) is 5.88 Å². The molecule has 1 fully saturated rings. The van der Waals surface area contributed by atoms with Crippen LogP contribution in [0, 0.1) is 0 Å². The summed E-state index contributed by atoms with van der Waals surface area (Å²) in [6.07, 6.45) is 3.28. The Balaban J connectivity index is 1.86. The van der Waals surface area contributed by atoms with E-state index in [9.17, 15) is 4.79 Å². The minimum atomic E-state index is -0.570. The Morgan fingerprint density at radius 2 is 2.00 bits per heavy atom. The van der Waals surface area contributed by atoms with E-state index in [0.717, 1.165) is 16.3 Å². The van der Waals surface area contributed by atoms with Crippen LogP contribution in [0.1, 0.15) is 19.4 Å². The molecule has 0 atom stereocenters. The molecule has 2 amide bonds. The molecule has 3 heterocycles. The first-order valence-corrected chi connectivity index (χ1v) is 8.41. The highest BCUT2D eigenvalue weighted by Gasteiger charge is 2.34. The number of likely N-dealkylation sites (tertiary alicyclic amines) is 1. The topological polar surface area (TPSA) is 84.6 Å². The van der Waals surface area contributed by atoms with Gasteiger partial charge >= 0.3 is 6.03 Å². The number of nitrogens with zero attached hydrogens (tertiary/aromatic N) is 4. The van der Waals surface area contributed by atoms with Crippen LogP contribution in [0.3, 0.4) is 0 Å². The molecule has 0 unspecified atom stereocenters. The minimum Gasteiger partial charge on any atom is -0.470 e. The summed E-state index contributed by atoms with van der Waals surface area (Å²) in [5.41, 5.74) is 6.55. The SMILES string of the molecule is CN(C)C(=O)N1CC(Oc2ncc(C(C)(C)N)c3cc(Cl)ncc23)C1. The maximum atomic E-state index is 11.9. The van der Waals surface area contributed by atoms with Crippen molar-refractivity contribution >= 4 is 28.4 Å². The molecule has 3 rings (SSSR count). The second-order valence-electron chi connectivity index (χ2n) is 7.07. The van der Waals surface area contributed by atoms with Crippen LogP contribution in [0.15, 0.2) is 18.5 Å². The van der Waals surface area contributed by atoms with Crippen molar-refractivity contribution < 1.29 is 9.53 Å². The van der Waals surface area contributed by atoms with Crippen molar-refractivity contribution in [2.45, 2.75) is 25.5 Å². The van der Waals surface area contributed by atoms with E-state index in [1.54, 1.807) is 42.4 Å². The fourth-order valence-corrected chi connectivity index (χ4v) is 2.96. The first kappa shape index (κ1) is 17.7. The molecule has 134 valence electrons. The van der Waals surface area contributed by atoms with Gasteiger partial charge in [-0.2, -0.15) is 0 Å². The molecular weight excluding hydrogens is 342 g/mol. The van der Waals surface area contributed by atoms with Gasteiger partial charge in [-0.15, -0.1) is 0 Å². The predicted molar refractivity (Wildman–Crippen MR) is 96.8 cm³/mol. The normalized spacial score (nSPS) is 15.2. The summed E-state index contributed by atoms with van der Waals surface area (Å²) in [5.74, 6) is 0.481. The number of pyridine rings is 2. The molecule has 0 radical (unpaired) electrons. The third kappa shape index (κ3) is 3.48. The van der Waals surface area contributed by atoms with Crippen molar-refractivity contribution in [2.75, 3.05) is 27.2 Å². The lowest BCUT2D eigenvalue weighted by molar-refractivity contribution is 0.0339. The number of fused-ring (bicyclic) bond motifs is 1. The van der Waals surface area contributed by atoms with E-state index in [0.29, 0.717) is 24.1 Å². The average Bonchev–Trinajstić information content (AvgIpc) is 2.47. The molecule has 2 aromatic rings. The molecule has 0 aromatic carbocycles. The van der Waals surface area contributed by atoms with Crippen LogP contribution in [0.2, 0.25) is 5.15 Å². The van der Waals surface area contributed by atoms with Crippen molar-refractivity contribution in [2.24, 2.45) is 5.73 Å². The Morgan fingerprint density at radius 1 is 1.32 bits per heavy atom. The van der Waals surface area contributed by atoms with E-state index in [1.807, 2.05) is 13.8 Å². The average molecular weight is 364 g/mol. The van der Waals surface area contributed by atoms with Gasteiger partial charge in [0.25, 0.3) is 0 Å². The highest BCUT2D eigenvalue weighted by molar-refractivity contribution is 6.30. The van der Waals surface area contributed by atoms with Gasteiger partial charge in [0.15, 0.2) is 0 Å². The summed E-state index contributed by atoms with van der Waals surface area (Å²) >= 11 is 6.06.